The van der Waals surface area contributed by atoms with E-state index < -0.39 is 5.67 Å². The lowest BCUT2D eigenvalue weighted by Gasteiger charge is -2.27. The standard InChI is InChI=1S/C16H19FN8O/c1-16(17)10-24(14-9-19-7-13(6-18)21-14)4-5-25(11-16)15(26)3-2-12-8-20-23-22-12/h7-9H,2-5,10-11H2,1H3,(H,20,22,23). The summed E-state index contributed by atoms with van der Waals surface area (Å²) >= 11 is 0. The second-order valence-electron chi connectivity index (χ2n) is 6.49. The minimum absolute atomic E-state index is 0.00647. The van der Waals surface area contributed by atoms with Gasteiger partial charge in [0.15, 0.2) is 5.69 Å². The highest BCUT2D eigenvalue weighted by Crippen LogP contribution is 2.22. The number of nitrogens with zero attached hydrogens (tertiary/aromatic N) is 7. The van der Waals surface area contributed by atoms with Gasteiger partial charge >= 0.3 is 0 Å². The van der Waals surface area contributed by atoms with Gasteiger partial charge in [-0.05, 0) is 6.92 Å². The van der Waals surface area contributed by atoms with Crippen molar-refractivity contribution in [3.05, 3.63) is 30.0 Å². The normalized spacial score (nSPS) is 20.5. The maximum absolute atomic E-state index is 15.0. The lowest BCUT2D eigenvalue weighted by molar-refractivity contribution is -0.132. The van der Waals surface area contributed by atoms with E-state index in [0.29, 0.717) is 31.0 Å². The Morgan fingerprint density at radius 2 is 2.23 bits per heavy atom. The molecule has 136 valence electrons. The van der Waals surface area contributed by atoms with Crippen molar-refractivity contribution < 1.29 is 9.18 Å². The van der Waals surface area contributed by atoms with Crippen LogP contribution in [0.2, 0.25) is 0 Å². The molecule has 3 heterocycles. The Kier molecular flexibility index (Phi) is 5.06. The molecular weight excluding hydrogens is 339 g/mol. The number of alkyl halides is 1. The number of carbonyl (C=O) groups is 1. The van der Waals surface area contributed by atoms with E-state index in [-0.39, 0.29) is 31.1 Å². The summed E-state index contributed by atoms with van der Waals surface area (Å²) < 4.78 is 15.0. The molecule has 26 heavy (non-hydrogen) atoms. The molecule has 0 radical (unpaired) electrons. The molecule has 10 heteroatoms. The van der Waals surface area contributed by atoms with Crippen LogP contribution in [-0.2, 0) is 11.2 Å². The fourth-order valence-electron chi connectivity index (χ4n) is 2.95. The number of rotatable bonds is 4. The van der Waals surface area contributed by atoms with E-state index in [4.69, 9.17) is 5.26 Å². The SMILES string of the molecule is CC1(F)CN(C(=O)CCc2cn[nH]n2)CCN(c2cncc(C#N)n2)C1. The molecule has 1 unspecified atom stereocenters. The molecule has 1 atom stereocenters. The van der Waals surface area contributed by atoms with E-state index in [9.17, 15) is 9.18 Å². The number of nitriles is 1. The molecule has 1 aliphatic heterocycles. The lowest BCUT2D eigenvalue weighted by atomic mass is 10.1. The molecule has 9 nitrogen and oxygen atoms in total. The number of carbonyl (C=O) groups excluding carboxylic acids is 1. The molecular formula is C16H19FN8O. The van der Waals surface area contributed by atoms with Crippen molar-refractivity contribution >= 4 is 11.7 Å². The maximum Gasteiger partial charge on any atom is 0.223 e. The third-order valence-electron chi connectivity index (χ3n) is 4.15. The zero-order chi connectivity index (χ0) is 18.6. The molecule has 1 aliphatic rings. The number of aromatic amines is 1. The van der Waals surface area contributed by atoms with Gasteiger partial charge in [-0.3, -0.25) is 9.78 Å². The Hall–Kier alpha value is -3.09. The van der Waals surface area contributed by atoms with E-state index in [2.05, 4.69) is 25.4 Å². The number of amides is 1. The smallest absolute Gasteiger partial charge is 0.223 e. The topological polar surface area (TPSA) is 115 Å². The second kappa shape index (κ2) is 7.43. The van der Waals surface area contributed by atoms with Crippen molar-refractivity contribution in [1.82, 2.24) is 30.3 Å². The molecule has 1 amide bonds. The summed E-state index contributed by atoms with van der Waals surface area (Å²) in [4.78, 5) is 23.9. The molecule has 0 saturated carbocycles. The van der Waals surface area contributed by atoms with E-state index in [1.54, 1.807) is 11.1 Å². The van der Waals surface area contributed by atoms with Crippen LogP contribution in [-0.4, -0.2) is 68.0 Å². The fraction of sp³-hybridized carbons (Fsp3) is 0.500. The Bertz CT molecular complexity index is 801. The summed E-state index contributed by atoms with van der Waals surface area (Å²) in [5, 5.41) is 19.1. The number of nitrogens with one attached hydrogen (secondary N) is 1. The van der Waals surface area contributed by atoms with Gasteiger partial charge in [-0.2, -0.15) is 20.7 Å². The van der Waals surface area contributed by atoms with Gasteiger partial charge in [0, 0.05) is 25.9 Å². The first-order valence-corrected chi connectivity index (χ1v) is 8.25. The molecule has 2 aromatic heterocycles. The van der Waals surface area contributed by atoms with Crippen LogP contribution >= 0.6 is 0 Å². The van der Waals surface area contributed by atoms with Crippen molar-refractivity contribution in [2.75, 3.05) is 31.1 Å². The third kappa shape index (κ3) is 4.30. The van der Waals surface area contributed by atoms with Crippen LogP contribution in [0.15, 0.2) is 18.6 Å². The predicted octanol–water partition coefficient (Wildman–Crippen LogP) is 0.476. The first-order chi connectivity index (χ1) is 12.5. The summed E-state index contributed by atoms with van der Waals surface area (Å²) in [5.41, 5.74) is -0.737. The van der Waals surface area contributed by atoms with Gasteiger partial charge in [0.05, 0.1) is 37.4 Å². The minimum Gasteiger partial charge on any atom is -0.350 e. The van der Waals surface area contributed by atoms with Gasteiger partial charge in [0.2, 0.25) is 5.91 Å². The maximum atomic E-state index is 15.0. The van der Waals surface area contributed by atoms with Crippen LogP contribution in [0.3, 0.4) is 0 Å². The average Bonchev–Trinajstić information content (AvgIpc) is 3.09. The van der Waals surface area contributed by atoms with Crippen LogP contribution in [0, 0.1) is 11.3 Å². The van der Waals surface area contributed by atoms with Crippen molar-refractivity contribution in [3.8, 4) is 6.07 Å². The molecule has 1 saturated heterocycles. The van der Waals surface area contributed by atoms with Crippen LogP contribution in [0.5, 0.6) is 0 Å². The first kappa shape index (κ1) is 17.7. The quantitative estimate of drug-likeness (QED) is 0.845. The molecule has 2 aromatic rings. The molecule has 0 spiro atoms. The van der Waals surface area contributed by atoms with E-state index in [1.165, 1.54) is 24.2 Å². The van der Waals surface area contributed by atoms with Gasteiger partial charge < -0.3 is 9.80 Å². The van der Waals surface area contributed by atoms with Crippen molar-refractivity contribution in [3.63, 3.8) is 0 Å². The number of halogens is 1. The van der Waals surface area contributed by atoms with E-state index in [0.717, 1.165) is 0 Å². The lowest BCUT2D eigenvalue weighted by Crippen LogP contribution is -2.43. The Morgan fingerprint density at radius 3 is 2.96 bits per heavy atom. The van der Waals surface area contributed by atoms with Crippen molar-refractivity contribution in [2.24, 2.45) is 0 Å². The minimum atomic E-state index is -1.61. The summed E-state index contributed by atoms with van der Waals surface area (Å²) in [7, 11) is 0. The van der Waals surface area contributed by atoms with E-state index >= 15 is 0 Å². The first-order valence-electron chi connectivity index (χ1n) is 8.25. The number of aryl methyl sites for hydroxylation is 1. The number of aromatic nitrogens is 5. The Morgan fingerprint density at radius 1 is 1.38 bits per heavy atom. The van der Waals surface area contributed by atoms with E-state index in [1.807, 2.05) is 6.07 Å². The second-order valence-corrected chi connectivity index (χ2v) is 6.49. The van der Waals surface area contributed by atoms with Crippen LogP contribution < -0.4 is 4.90 Å². The zero-order valence-electron chi connectivity index (χ0n) is 14.4. The molecule has 0 aliphatic carbocycles. The zero-order valence-corrected chi connectivity index (χ0v) is 14.4. The highest BCUT2D eigenvalue weighted by molar-refractivity contribution is 5.76. The van der Waals surface area contributed by atoms with Crippen molar-refractivity contribution in [1.29, 1.82) is 5.26 Å². The molecule has 1 fully saturated rings. The Labute approximate surface area is 149 Å². The number of anilines is 1. The largest absolute Gasteiger partial charge is 0.350 e. The summed E-state index contributed by atoms with van der Waals surface area (Å²) in [5.74, 6) is 0.306. The van der Waals surface area contributed by atoms with Gasteiger partial charge in [-0.1, -0.05) is 0 Å². The summed E-state index contributed by atoms with van der Waals surface area (Å²) in [6, 6.07) is 1.93. The van der Waals surface area contributed by atoms with Gasteiger partial charge in [0.1, 0.15) is 17.6 Å². The van der Waals surface area contributed by atoms with Crippen LogP contribution in [0.1, 0.15) is 24.7 Å². The molecule has 0 bridgehead atoms. The average molecular weight is 358 g/mol. The number of hydrogen-bond donors (Lipinski definition) is 1. The van der Waals surface area contributed by atoms with Crippen molar-refractivity contribution in [2.45, 2.75) is 25.4 Å². The predicted molar refractivity (Wildman–Crippen MR) is 89.8 cm³/mol. The van der Waals surface area contributed by atoms with Crippen LogP contribution in [0.25, 0.3) is 0 Å². The monoisotopic (exact) mass is 358 g/mol. The highest BCUT2D eigenvalue weighted by Gasteiger charge is 2.35. The van der Waals surface area contributed by atoms with Gasteiger partial charge in [-0.25, -0.2) is 9.37 Å². The number of H-pyrrole nitrogens is 1. The third-order valence-corrected chi connectivity index (χ3v) is 4.15. The molecule has 3 rings (SSSR count). The highest BCUT2D eigenvalue weighted by atomic mass is 19.1. The molecule has 1 N–H and O–H groups in total. The van der Waals surface area contributed by atoms with Gasteiger partial charge in [-0.15, -0.1) is 0 Å². The summed E-state index contributed by atoms with van der Waals surface area (Å²) in [6.45, 7) is 2.33. The fourth-order valence-corrected chi connectivity index (χ4v) is 2.95. The van der Waals surface area contributed by atoms with Gasteiger partial charge in [0.25, 0.3) is 0 Å². The number of hydrogen-bond acceptors (Lipinski definition) is 7. The Balaban J connectivity index is 1.68. The van der Waals surface area contributed by atoms with Crippen LogP contribution in [0.4, 0.5) is 10.2 Å². The molecule has 0 aromatic carbocycles. The summed E-state index contributed by atoms with van der Waals surface area (Å²) in [6.07, 6.45) is 5.12.